The van der Waals surface area contributed by atoms with Gasteiger partial charge in [0, 0.05) is 29.6 Å². The van der Waals surface area contributed by atoms with E-state index < -0.39 is 12.1 Å². The number of nitrogens with one attached hydrogen (secondary N) is 3. The average molecular weight is 552 g/mol. The first-order valence-corrected chi connectivity index (χ1v) is 12.1. The van der Waals surface area contributed by atoms with Gasteiger partial charge in [-0.2, -0.15) is 0 Å². The summed E-state index contributed by atoms with van der Waals surface area (Å²) in [5.74, 6) is 1.02. The van der Waals surface area contributed by atoms with Crippen LogP contribution in [0.2, 0.25) is 0 Å². The molecule has 4 aromatic rings. The second-order valence-electron chi connectivity index (χ2n) is 8.38. The number of aromatic amines is 1. The summed E-state index contributed by atoms with van der Waals surface area (Å²) in [6.45, 7) is 4.31. The highest BCUT2D eigenvalue weighted by Gasteiger charge is 2.22. The molecule has 0 saturated carbocycles. The lowest BCUT2D eigenvalue weighted by atomic mass is 10.2. The highest BCUT2D eigenvalue weighted by molar-refractivity contribution is 5.95. The van der Waals surface area contributed by atoms with Gasteiger partial charge in [0.15, 0.2) is 0 Å². The standard InChI is InChI=1S/C27H29N7O4.ClH/c1-3-37-24(35)13-15-34(23-6-4-5-14-30-23)27(36)38-21-12-11-20-25(17(21)2)33-22(32-20)16-31-19-9-7-18(8-10-19)26(28)29;/h4-12,14,31H,3,13,15-16H2,1-2H3,(H3,28,29)(H,32,33);1H. The Morgan fingerprint density at radius 1 is 1.13 bits per heavy atom. The van der Waals surface area contributed by atoms with Crippen molar-refractivity contribution in [3.05, 3.63) is 77.7 Å². The number of ether oxygens (including phenoxy) is 2. The third-order valence-electron chi connectivity index (χ3n) is 5.75. The van der Waals surface area contributed by atoms with Crippen LogP contribution in [-0.4, -0.2) is 46.0 Å². The highest BCUT2D eigenvalue weighted by atomic mass is 35.5. The SMILES string of the molecule is CCOC(=O)CCN(C(=O)Oc1ccc2[nH]c(CNc3ccc(C(=N)N)cc3)nc2c1C)c1ccccn1.Cl. The minimum absolute atomic E-state index is 0. The number of esters is 1. The van der Waals surface area contributed by atoms with Gasteiger partial charge in [-0.15, -0.1) is 12.4 Å². The number of aromatic nitrogens is 3. The van der Waals surface area contributed by atoms with E-state index in [-0.39, 0.29) is 37.8 Å². The van der Waals surface area contributed by atoms with Crippen LogP contribution >= 0.6 is 12.4 Å². The number of carbonyl (C=O) groups is 2. The molecule has 0 saturated heterocycles. The van der Waals surface area contributed by atoms with E-state index in [0.717, 1.165) is 11.2 Å². The average Bonchev–Trinajstić information content (AvgIpc) is 3.34. The number of nitrogen functional groups attached to an aromatic ring is 1. The van der Waals surface area contributed by atoms with Crippen LogP contribution in [0.1, 0.15) is 30.3 Å². The van der Waals surface area contributed by atoms with Gasteiger partial charge in [-0.05, 0) is 62.4 Å². The van der Waals surface area contributed by atoms with Crippen LogP contribution in [0.3, 0.4) is 0 Å². The largest absolute Gasteiger partial charge is 0.466 e. The highest BCUT2D eigenvalue weighted by Crippen LogP contribution is 2.27. The fraction of sp³-hybridized carbons (Fsp3) is 0.222. The molecule has 204 valence electrons. The van der Waals surface area contributed by atoms with Crippen molar-refractivity contribution in [1.82, 2.24) is 15.0 Å². The second-order valence-corrected chi connectivity index (χ2v) is 8.38. The molecule has 39 heavy (non-hydrogen) atoms. The van der Waals surface area contributed by atoms with Crippen molar-refractivity contribution in [2.24, 2.45) is 5.73 Å². The van der Waals surface area contributed by atoms with Gasteiger partial charge < -0.3 is 25.5 Å². The van der Waals surface area contributed by atoms with Crippen LogP contribution in [-0.2, 0) is 16.1 Å². The minimum Gasteiger partial charge on any atom is -0.466 e. The Bertz CT molecular complexity index is 1440. The molecule has 2 aromatic carbocycles. The number of amidine groups is 1. The van der Waals surface area contributed by atoms with Gasteiger partial charge in [0.2, 0.25) is 0 Å². The van der Waals surface area contributed by atoms with Crippen molar-refractivity contribution in [2.75, 3.05) is 23.4 Å². The first-order valence-electron chi connectivity index (χ1n) is 12.1. The lowest BCUT2D eigenvalue weighted by Crippen LogP contribution is -2.36. The van der Waals surface area contributed by atoms with Crippen molar-refractivity contribution in [1.29, 1.82) is 5.41 Å². The molecule has 0 fully saturated rings. The number of rotatable bonds is 10. The Hall–Kier alpha value is -4.64. The van der Waals surface area contributed by atoms with Crippen LogP contribution in [0.15, 0.2) is 60.8 Å². The zero-order valence-corrected chi connectivity index (χ0v) is 22.4. The zero-order valence-electron chi connectivity index (χ0n) is 21.6. The molecule has 2 heterocycles. The third-order valence-corrected chi connectivity index (χ3v) is 5.75. The summed E-state index contributed by atoms with van der Waals surface area (Å²) >= 11 is 0. The van der Waals surface area contributed by atoms with Crippen molar-refractivity contribution in [3.8, 4) is 5.75 Å². The summed E-state index contributed by atoms with van der Waals surface area (Å²) in [5, 5.41) is 10.8. The number of imidazole rings is 1. The number of amides is 1. The van der Waals surface area contributed by atoms with Gasteiger partial charge in [0.05, 0.1) is 30.6 Å². The molecule has 2 aromatic heterocycles. The second kappa shape index (κ2) is 13.2. The van der Waals surface area contributed by atoms with E-state index in [1.165, 1.54) is 4.90 Å². The first kappa shape index (κ1) is 28.9. The number of pyridine rings is 1. The van der Waals surface area contributed by atoms with Gasteiger partial charge in [-0.1, -0.05) is 6.07 Å². The van der Waals surface area contributed by atoms with Gasteiger partial charge in [-0.3, -0.25) is 15.1 Å². The molecule has 0 unspecified atom stereocenters. The number of anilines is 2. The van der Waals surface area contributed by atoms with Crippen LogP contribution in [0.5, 0.6) is 5.75 Å². The fourth-order valence-corrected chi connectivity index (χ4v) is 3.79. The Kier molecular flexibility index (Phi) is 9.82. The molecule has 0 bridgehead atoms. The molecule has 0 aliphatic carbocycles. The molecule has 4 rings (SSSR count). The first-order chi connectivity index (χ1) is 18.4. The smallest absolute Gasteiger partial charge is 0.420 e. The Morgan fingerprint density at radius 2 is 1.90 bits per heavy atom. The van der Waals surface area contributed by atoms with Gasteiger partial charge >= 0.3 is 12.1 Å². The van der Waals surface area contributed by atoms with Gasteiger partial charge in [0.1, 0.15) is 23.2 Å². The number of hydrogen-bond donors (Lipinski definition) is 4. The van der Waals surface area contributed by atoms with Crippen LogP contribution in [0.25, 0.3) is 11.0 Å². The fourth-order valence-electron chi connectivity index (χ4n) is 3.79. The van der Waals surface area contributed by atoms with Crippen molar-refractivity contribution < 1.29 is 19.1 Å². The number of halogens is 1. The quantitative estimate of drug-likeness (QED) is 0.127. The molecular formula is C27H30ClN7O4. The third kappa shape index (κ3) is 7.23. The number of benzene rings is 2. The number of nitrogens with zero attached hydrogens (tertiary/aromatic N) is 3. The Morgan fingerprint density at radius 3 is 2.56 bits per heavy atom. The molecular weight excluding hydrogens is 522 g/mol. The molecule has 12 heteroatoms. The van der Waals surface area contributed by atoms with E-state index in [1.807, 2.05) is 19.1 Å². The number of aryl methyl sites for hydroxylation is 1. The molecule has 11 nitrogen and oxygen atoms in total. The maximum atomic E-state index is 13.2. The molecule has 1 amide bonds. The van der Waals surface area contributed by atoms with E-state index in [1.54, 1.807) is 55.6 Å². The van der Waals surface area contributed by atoms with Crippen molar-refractivity contribution in [3.63, 3.8) is 0 Å². The van der Waals surface area contributed by atoms with Gasteiger partial charge in [-0.25, -0.2) is 14.8 Å². The summed E-state index contributed by atoms with van der Waals surface area (Å²) < 4.78 is 10.7. The lowest BCUT2D eigenvalue weighted by molar-refractivity contribution is -0.142. The summed E-state index contributed by atoms with van der Waals surface area (Å²) in [5.41, 5.74) is 9.18. The maximum Gasteiger partial charge on any atom is 0.420 e. The van der Waals surface area contributed by atoms with Crippen molar-refractivity contribution >= 4 is 52.8 Å². The van der Waals surface area contributed by atoms with E-state index in [2.05, 4.69) is 20.3 Å². The molecule has 0 aliphatic rings. The molecule has 0 spiro atoms. The van der Waals surface area contributed by atoms with E-state index in [4.69, 9.17) is 20.6 Å². The number of hydrogen-bond acceptors (Lipinski definition) is 8. The lowest BCUT2D eigenvalue weighted by Gasteiger charge is -2.21. The van der Waals surface area contributed by atoms with Crippen LogP contribution in [0.4, 0.5) is 16.3 Å². The molecule has 0 radical (unpaired) electrons. The minimum atomic E-state index is -0.665. The van der Waals surface area contributed by atoms with E-state index in [0.29, 0.717) is 40.6 Å². The number of carbonyl (C=O) groups excluding carboxylic acids is 2. The number of H-pyrrole nitrogens is 1. The number of fused-ring (bicyclic) bond motifs is 1. The topological polar surface area (TPSA) is 159 Å². The zero-order chi connectivity index (χ0) is 27.1. The molecule has 5 N–H and O–H groups in total. The summed E-state index contributed by atoms with van der Waals surface area (Å²) in [4.78, 5) is 38.5. The van der Waals surface area contributed by atoms with Crippen molar-refractivity contribution in [2.45, 2.75) is 26.8 Å². The molecule has 0 aliphatic heterocycles. The molecule has 0 atom stereocenters. The van der Waals surface area contributed by atoms with Gasteiger partial charge in [0.25, 0.3) is 0 Å². The Labute approximate surface area is 231 Å². The predicted molar refractivity (Wildman–Crippen MR) is 152 cm³/mol. The monoisotopic (exact) mass is 551 g/mol. The van der Waals surface area contributed by atoms with Crippen LogP contribution < -0.4 is 20.7 Å². The normalized spacial score (nSPS) is 10.4. The predicted octanol–water partition coefficient (Wildman–Crippen LogP) is 4.54. The van der Waals surface area contributed by atoms with E-state index in [9.17, 15) is 9.59 Å². The number of nitrogens with two attached hydrogens (primary N) is 1. The van der Waals surface area contributed by atoms with E-state index >= 15 is 0 Å². The summed E-state index contributed by atoms with van der Waals surface area (Å²) in [6.07, 6.45) is 0.904. The maximum absolute atomic E-state index is 13.2. The van der Waals surface area contributed by atoms with Crippen LogP contribution in [0, 0.1) is 12.3 Å². The summed E-state index contributed by atoms with van der Waals surface area (Å²) in [6, 6.07) is 15.9. The summed E-state index contributed by atoms with van der Waals surface area (Å²) in [7, 11) is 0. The Balaban J connectivity index is 0.00000420.